The molecule has 0 spiro atoms. The van der Waals surface area contributed by atoms with Crippen LogP contribution in [0.15, 0.2) is 24.3 Å². The molecule has 0 fully saturated rings. The summed E-state index contributed by atoms with van der Waals surface area (Å²) in [4.78, 5) is 11.1. The van der Waals surface area contributed by atoms with E-state index in [2.05, 4.69) is 10.1 Å². The molecule has 0 radical (unpaired) electrons. The number of hydrogen-bond acceptors (Lipinski definition) is 3. The van der Waals surface area contributed by atoms with Crippen LogP contribution in [-0.2, 0) is 4.79 Å². The van der Waals surface area contributed by atoms with Gasteiger partial charge in [-0.25, -0.2) is 0 Å². The normalized spacial score (nSPS) is 12.8. The van der Waals surface area contributed by atoms with Crippen LogP contribution in [0.25, 0.3) is 0 Å². The van der Waals surface area contributed by atoms with Crippen LogP contribution in [0.3, 0.4) is 0 Å². The van der Waals surface area contributed by atoms with Crippen molar-refractivity contribution >= 4 is 5.97 Å². The van der Waals surface area contributed by atoms with Gasteiger partial charge in [-0.1, -0.05) is 12.1 Å². The van der Waals surface area contributed by atoms with Gasteiger partial charge in [0.05, 0.1) is 0 Å². The summed E-state index contributed by atoms with van der Waals surface area (Å²) >= 11 is 0. The predicted molar refractivity (Wildman–Crippen MR) is 61.7 cm³/mol. The molecule has 4 nitrogen and oxygen atoms in total. The molecule has 1 atom stereocenters. The molecule has 2 N–H and O–H groups in total. The highest BCUT2D eigenvalue weighted by Gasteiger charge is 2.20. The van der Waals surface area contributed by atoms with Gasteiger partial charge in [-0.2, -0.15) is 8.78 Å². The van der Waals surface area contributed by atoms with Crippen LogP contribution in [0.5, 0.6) is 5.75 Å². The third-order valence-corrected chi connectivity index (χ3v) is 2.19. The molecule has 0 aromatic heterocycles. The number of hydrogen-bond donors (Lipinski definition) is 2. The lowest BCUT2D eigenvalue weighted by Gasteiger charge is -2.17. The van der Waals surface area contributed by atoms with Gasteiger partial charge in [0.2, 0.25) is 0 Å². The maximum Gasteiger partial charge on any atom is 0.387 e. The number of halogens is 2. The summed E-state index contributed by atoms with van der Waals surface area (Å²) in [7, 11) is 0. The highest BCUT2D eigenvalue weighted by Crippen LogP contribution is 2.20. The Morgan fingerprint density at radius 3 is 2.22 bits per heavy atom. The van der Waals surface area contributed by atoms with Crippen molar-refractivity contribution in [3.8, 4) is 5.75 Å². The molecule has 100 valence electrons. The van der Waals surface area contributed by atoms with Crippen LogP contribution in [-0.4, -0.2) is 23.7 Å². The van der Waals surface area contributed by atoms with E-state index < -0.39 is 18.6 Å². The van der Waals surface area contributed by atoms with Crippen LogP contribution in [0, 0.1) is 0 Å². The van der Waals surface area contributed by atoms with E-state index in [4.69, 9.17) is 5.11 Å². The fourth-order valence-electron chi connectivity index (χ4n) is 1.49. The molecule has 0 heterocycles. The molecule has 0 aliphatic heterocycles. The maximum atomic E-state index is 12.0. The fraction of sp³-hybridized carbons (Fsp3) is 0.417. The van der Waals surface area contributed by atoms with E-state index in [1.807, 2.05) is 13.8 Å². The summed E-state index contributed by atoms with van der Waals surface area (Å²) in [6.45, 7) is 0.758. The monoisotopic (exact) mass is 259 g/mol. The highest BCUT2D eigenvalue weighted by atomic mass is 19.3. The number of carboxylic acid groups (broad SMARTS) is 1. The topological polar surface area (TPSA) is 58.6 Å². The first-order valence-corrected chi connectivity index (χ1v) is 5.43. The number of aliphatic carboxylic acids is 1. The predicted octanol–water partition coefficient (Wildman–Crippen LogP) is 2.41. The van der Waals surface area contributed by atoms with Crippen LogP contribution in [0.2, 0.25) is 0 Å². The van der Waals surface area contributed by atoms with E-state index in [0.29, 0.717) is 5.56 Å². The first-order valence-electron chi connectivity index (χ1n) is 5.43. The van der Waals surface area contributed by atoms with E-state index in [1.54, 1.807) is 0 Å². The average Bonchev–Trinajstić information content (AvgIpc) is 2.26. The van der Waals surface area contributed by atoms with Gasteiger partial charge in [0, 0.05) is 6.04 Å². The van der Waals surface area contributed by atoms with Crippen molar-refractivity contribution in [1.82, 2.24) is 5.32 Å². The van der Waals surface area contributed by atoms with Gasteiger partial charge in [-0.15, -0.1) is 0 Å². The van der Waals surface area contributed by atoms with Crippen molar-refractivity contribution in [2.24, 2.45) is 0 Å². The highest BCUT2D eigenvalue weighted by molar-refractivity contribution is 5.75. The lowest BCUT2D eigenvalue weighted by atomic mass is 10.1. The molecule has 0 saturated carbocycles. The number of carboxylic acids is 1. The smallest absolute Gasteiger partial charge is 0.387 e. The number of benzene rings is 1. The molecule has 1 rings (SSSR count). The molecule has 18 heavy (non-hydrogen) atoms. The third-order valence-electron chi connectivity index (χ3n) is 2.19. The van der Waals surface area contributed by atoms with Crippen LogP contribution >= 0.6 is 0 Å². The third kappa shape index (κ3) is 4.29. The van der Waals surface area contributed by atoms with Crippen molar-refractivity contribution in [1.29, 1.82) is 0 Å². The number of nitrogens with one attached hydrogen (secondary N) is 1. The zero-order valence-electron chi connectivity index (χ0n) is 10.1. The molecule has 1 aromatic carbocycles. The zero-order valence-corrected chi connectivity index (χ0v) is 10.1. The zero-order chi connectivity index (χ0) is 13.7. The van der Waals surface area contributed by atoms with Gasteiger partial charge in [0.25, 0.3) is 0 Å². The molecular formula is C12H15F2NO3. The van der Waals surface area contributed by atoms with Crippen LogP contribution < -0.4 is 10.1 Å². The van der Waals surface area contributed by atoms with Gasteiger partial charge in [-0.05, 0) is 31.5 Å². The van der Waals surface area contributed by atoms with E-state index in [1.165, 1.54) is 24.3 Å². The van der Waals surface area contributed by atoms with Crippen molar-refractivity contribution in [2.75, 3.05) is 0 Å². The number of alkyl halides is 2. The Morgan fingerprint density at radius 1 is 1.28 bits per heavy atom. The second kappa shape index (κ2) is 6.30. The van der Waals surface area contributed by atoms with Gasteiger partial charge < -0.3 is 9.84 Å². The first kappa shape index (κ1) is 14.4. The average molecular weight is 259 g/mol. The summed E-state index contributed by atoms with van der Waals surface area (Å²) in [6.07, 6.45) is 0. The molecule has 0 aliphatic rings. The Labute approximate surface area is 104 Å². The molecule has 6 heteroatoms. The molecule has 1 aromatic rings. The second-order valence-corrected chi connectivity index (χ2v) is 4.04. The molecule has 0 amide bonds. The molecule has 0 saturated heterocycles. The van der Waals surface area contributed by atoms with E-state index in [-0.39, 0.29) is 11.8 Å². The molecule has 0 aliphatic carbocycles. The summed E-state index contributed by atoms with van der Waals surface area (Å²) in [5.41, 5.74) is 0.484. The van der Waals surface area contributed by atoms with Gasteiger partial charge in [-0.3, -0.25) is 10.1 Å². The quantitative estimate of drug-likeness (QED) is 0.823. The van der Waals surface area contributed by atoms with E-state index in [0.717, 1.165) is 0 Å². The minimum atomic E-state index is -2.89. The van der Waals surface area contributed by atoms with Crippen molar-refractivity contribution in [2.45, 2.75) is 32.5 Å². The Hall–Kier alpha value is -1.69. The SMILES string of the molecule is CC(C)NC(C(=O)O)c1ccc(OC(F)F)cc1. The Kier molecular flexibility index (Phi) is 5.03. The van der Waals surface area contributed by atoms with Crippen molar-refractivity contribution in [3.63, 3.8) is 0 Å². The van der Waals surface area contributed by atoms with E-state index >= 15 is 0 Å². The molecule has 1 unspecified atom stereocenters. The molecular weight excluding hydrogens is 244 g/mol. The summed E-state index contributed by atoms with van der Waals surface area (Å²) in [5, 5.41) is 11.9. The minimum absolute atomic E-state index is 0.00226. The fourth-order valence-corrected chi connectivity index (χ4v) is 1.49. The van der Waals surface area contributed by atoms with E-state index in [9.17, 15) is 13.6 Å². The number of ether oxygens (including phenoxy) is 1. The first-order chi connectivity index (χ1) is 8.40. The van der Waals surface area contributed by atoms with Gasteiger partial charge >= 0.3 is 12.6 Å². The summed E-state index contributed by atoms with van der Waals surface area (Å²) < 4.78 is 28.1. The summed E-state index contributed by atoms with van der Waals surface area (Å²) in [5.74, 6) is -1.02. The lowest BCUT2D eigenvalue weighted by molar-refractivity contribution is -0.139. The Bertz CT molecular complexity index is 393. The largest absolute Gasteiger partial charge is 0.480 e. The standard InChI is InChI=1S/C12H15F2NO3/c1-7(2)15-10(11(16)17)8-3-5-9(6-4-8)18-12(13)14/h3-7,10,12,15H,1-2H3,(H,16,17). The Morgan fingerprint density at radius 2 is 1.83 bits per heavy atom. The van der Waals surface area contributed by atoms with Crippen molar-refractivity contribution < 1.29 is 23.4 Å². The Balaban J connectivity index is 2.83. The van der Waals surface area contributed by atoms with Gasteiger partial charge in [0.15, 0.2) is 0 Å². The minimum Gasteiger partial charge on any atom is -0.480 e. The van der Waals surface area contributed by atoms with Gasteiger partial charge in [0.1, 0.15) is 11.8 Å². The number of rotatable bonds is 6. The maximum absolute atomic E-state index is 12.0. The molecule has 0 bridgehead atoms. The van der Waals surface area contributed by atoms with Crippen molar-refractivity contribution in [3.05, 3.63) is 29.8 Å². The van der Waals surface area contributed by atoms with Crippen LogP contribution in [0.4, 0.5) is 8.78 Å². The number of carbonyl (C=O) groups is 1. The lowest BCUT2D eigenvalue weighted by Crippen LogP contribution is -2.33. The summed E-state index contributed by atoms with van der Waals surface area (Å²) in [6, 6.07) is 4.66. The van der Waals surface area contributed by atoms with Crippen LogP contribution in [0.1, 0.15) is 25.5 Å². The second-order valence-electron chi connectivity index (χ2n) is 4.04.